The lowest BCUT2D eigenvalue weighted by molar-refractivity contribution is -0.137. The molecule has 0 fully saturated rings. The van der Waals surface area contributed by atoms with E-state index in [0.29, 0.717) is 16.9 Å². The minimum absolute atomic E-state index is 0.0196. The summed E-state index contributed by atoms with van der Waals surface area (Å²) in [5.74, 6) is -0.340. The van der Waals surface area contributed by atoms with Crippen molar-refractivity contribution in [3.63, 3.8) is 0 Å². The molecule has 3 N–H and O–H groups in total. The van der Waals surface area contributed by atoms with Crippen LogP contribution in [-0.2, 0) is 28.4 Å². The number of hydrogen-bond donors (Lipinski definition) is 2. The molecule has 0 saturated carbocycles. The molecule has 1 aromatic heterocycles. The number of benzene rings is 2. The van der Waals surface area contributed by atoms with Gasteiger partial charge in [0, 0.05) is 16.9 Å². The number of anilines is 1. The highest BCUT2D eigenvalue weighted by Gasteiger charge is 2.32. The standard InChI is InChI=1S/C18H14ClF3N4O2S/c19-13-3-1-11(2-4-13)7-17(27)25-14-5-6-15(16(8-14)29(23)28)26-10-12(9-24-26)18(20,21)22/h1-6,8-10H,7,23H2,(H,25,27). The van der Waals surface area contributed by atoms with Gasteiger partial charge in [-0.25, -0.2) is 14.0 Å². The highest BCUT2D eigenvalue weighted by Crippen LogP contribution is 2.30. The van der Waals surface area contributed by atoms with Crippen LogP contribution in [0.15, 0.2) is 59.8 Å². The van der Waals surface area contributed by atoms with Crippen LogP contribution in [-0.4, -0.2) is 19.9 Å². The summed E-state index contributed by atoms with van der Waals surface area (Å²) in [6.07, 6.45) is -3.06. The fraction of sp³-hybridized carbons (Fsp3) is 0.111. The minimum atomic E-state index is -4.56. The number of nitrogens with two attached hydrogens (primary N) is 1. The Balaban J connectivity index is 1.82. The maximum atomic E-state index is 12.8. The molecule has 3 aromatic rings. The molecule has 29 heavy (non-hydrogen) atoms. The summed E-state index contributed by atoms with van der Waals surface area (Å²) >= 11 is 5.81. The number of alkyl halides is 3. The van der Waals surface area contributed by atoms with Crippen molar-refractivity contribution in [3.05, 3.63) is 71.0 Å². The van der Waals surface area contributed by atoms with Crippen molar-refractivity contribution >= 4 is 34.2 Å². The molecule has 0 aliphatic rings. The average Bonchev–Trinajstić information content (AvgIpc) is 3.14. The number of aromatic nitrogens is 2. The van der Waals surface area contributed by atoms with Gasteiger partial charge in [-0.1, -0.05) is 23.7 Å². The third-order valence-corrected chi connectivity index (χ3v) is 4.91. The Kier molecular flexibility index (Phi) is 6.06. The van der Waals surface area contributed by atoms with Crippen LogP contribution < -0.4 is 10.5 Å². The van der Waals surface area contributed by atoms with Crippen LogP contribution in [0.5, 0.6) is 0 Å². The van der Waals surface area contributed by atoms with Gasteiger partial charge in [0.1, 0.15) is 11.0 Å². The van der Waals surface area contributed by atoms with E-state index in [1.54, 1.807) is 24.3 Å². The maximum Gasteiger partial charge on any atom is 0.419 e. The number of carbonyl (C=O) groups is 1. The molecule has 0 radical (unpaired) electrons. The number of carbonyl (C=O) groups excluding carboxylic acids is 1. The first-order valence-corrected chi connectivity index (χ1v) is 9.69. The van der Waals surface area contributed by atoms with Crippen LogP contribution in [0.1, 0.15) is 11.1 Å². The SMILES string of the molecule is NS(=O)c1cc(NC(=O)Cc2ccc(Cl)cc2)ccc1-n1cc(C(F)(F)F)cn1. The van der Waals surface area contributed by atoms with Gasteiger partial charge in [-0.2, -0.15) is 18.3 Å². The predicted molar refractivity (Wildman–Crippen MR) is 103 cm³/mol. The maximum absolute atomic E-state index is 12.8. The van der Waals surface area contributed by atoms with Crippen LogP contribution in [0.2, 0.25) is 5.02 Å². The topological polar surface area (TPSA) is 90.0 Å². The molecule has 3 rings (SSSR count). The average molecular weight is 443 g/mol. The summed E-state index contributed by atoms with van der Waals surface area (Å²) in [6.45, 7) is 0. The first-order chi connectivity index (χ1) is 13.6. The summed E-state index contributed by atoms with van der Waals surface area (Å²) in [6, 6.07) is 10.9. The molecule has 0 saturated heterocycles. The lowest BCUT2D eigenvalue weighted by Gasteiger charge is -2.11. The van der Waals surface area contributed by atoms with Crippen molar-refractivity contribution < 1.29 is 22.2 Å². The van der Waals surface area contributed by atoms with Gasteiger partial charge in [-0.05, 0) is 35.9 Å². The summed E-state index contributed by atoms with van der Waals surface area (Å²) in [4.78, 5) is 12.2. The van der Waals surface area contributed by atoms with Crippen molar-refractivity contribution in [2.75, 3.05) is 5.32 Å². The van der Waals surface area contributed by atoms with E-state index in [1.807, 2.05) is 0 Å². The summed E-state index contributed by atoms with van der Waals surface area (Å²) in [7, 11) is -2.03. The monoisotopic (exact) mass is 442 g/mol. The Morgan fingerprint density at radius 2 is 1.90 bits per heavy atom. The van der Waals surface area contributed by atoms with Gasteiger partial charge in [0.2, 0.25) is 5.91 Å². The van der Waals surface area contributed by atoms with Gasteiger partial charge >= 0.3 is 6.18 Å². The van der Waals surface area contributed by atoms with E-state index in [9.17, 15) is 22.2 Å². The lowest BCUT2D eigenvalue weighted by atomic mass is 10.1. The Morgan fingerprint density at radius 3 is 2.48 bits per heavy atom. The van der Waals surface area contributed by atoms with Crippen LogP contribution >= 0.6 is 11.6 Å². The van der Waals surface area contributed by atoms with Crippen LogP contribution in [0.25, 0.3) is 5.69 Å². The van der Waals surface area contributed by atoms with Gasteiger partial charge in [0.25, 0.3) is 0 Å². The van der Waals surface area contributed by atoms with E-state index < -0.39 is 22.7 Å². The zero-order chi connectivity index (χ0) is 21.2. The van der Waals surface area contributed by atoms with Gasteiger partial charge in [-0.15, -0.1) is 0 Å². The van der Waals surface area contributed by atoms with Crippen molar-refractivity contribution in [1.82, 2.24) is 9.78 Å². The van der Waals surface area contributed by atoms with Gasteiger partial charge < -0.3 is 5.32 Å². The lowest BCUT2D eigenvalue weighted by Crippen LogP contribution is -2.15. The molecular formula is C18H14ClF3N4O2S. The Labute approximate surface area is 171 Å². The fourth-order valence-corrected chi connectivity index (χ4v) is 3.27. The predicted octanol–water partition coefficient (Wildman–Crippen LogP) is 3.71. The smallest absolute Gasteiger partial charge is 0.326 e. The molecule has 0 aliphatic heterocycles. The third kappa shape index (κ3) is 5.22. The van der Waals surface area contributed by atoms with E-state index in [2.05, 4.69) is 10.4 Å². The third-order valence-electron chi connectivity index (χ3n) is 3.89. The molecule has 0 spiro atoms. The minimum Gasteiger partial charge on any atom is -0.326 e. The number of amides is 1. The number of nitrogens with zero attached hydrogens (tertiary/aromatic N) is 2. The Hall–Kier alpha value is -2.69. The molecule has 1 atom stereocenters. The summed E-state index contributed by atoms with van der Waals surface area (Å²) in [5, 5.41) is 12.3. The number of rotatable bonds is 5. The van der Waals surface area contributed by atoms with Crippen LogP contribution in [0.4, 0.5) is 18.9 Å². The molecule has 0 bridgehead atoms. The van der Waals surface area contributed by atoms with E-state index >= 15 is 0 Å². The Bertz CT molecular complexity index is 1070. The van der Waals surface area contributed by atoms with Crippen molar-refractivity contribution in [3.8, 4) is 5.69 Å². The highest BCUT2D eigenvalue weighted by molar-refractivity contribution is 7.82. The van der Waals surface area contributed by atoms with Crippen LogP contribution in [0.3, 0.4) is 0 Å². The fourth-order valence-electron chi connectivity index (χ4n) is 2.54. The first-order valence-electron chi connectivity index (χ1n) is 8.10. The second-order valence-electron chi connectivity index (χ2n) is 6.00. The van der Waals surface area contributed by atoms with Gasteiger partial charge in [0.05, 0.1) is 28.8 Å². The number of halogens is 4. The molecule has 1 unspecified atom stereocenters. The number of hydrogen-bond acceptors (Lipinski definition) is 3. The van der Waals surface area contributed by atoms with Crippen LogP contribution in [0, 0.1) is 0 Å². The van der Waals surface area contributed by atoms with E-state index in [1.165, 1.54) is 18.2 Å². The molecule has 1 heterocycles. The second-order valence-corrected chi connectivity index (χ2v) is 7.47. The number of nitrogens with one attached hydrogen (secondary N) is 1. The van der Waals surface area contributed by atoms with Crippen molar-refractivity contribution in [1.29, 1.82) is 0 Å². The quantitative estimate of drug-likeness (QED) is 0.631. The summed E-state index contributed by atoms with van der Waals surface area (Å²) in [5.41, 5.74) is 0.190. The zero-order valence-electron chi connectivity index (χ0n) is 14.6. The molecule has 2 aromatic carbocycles. The molecular weight excluding hydrogens is 429 g/mol. The van der Waals surface area contributed by atoms with Gasteiger partial charge in [0.15, 0.2) is 0 Å². The molecule has 6 nitrogen and oxygen atoms in total. The molecule has 0 aliphatic carbocycles. The molecule has 152 valence electrons. The van der Waals surface area contributed by atoms with E-state index in [-0.39, 0.29) is 22.9 Å². The van der Waals surface area contributed by atoms with E-state index in [4.69, 9.17) is 16.7 Å². The van der Waals surface area contributed by atoms with Gasteiger partial charge in [-0.3, -0.25) is 4.79 Å². The second kappa shape index (κ2) is 8.36. The van der Waals surface area contributed by atoms with Crippen molar-refractivity contribution in [2.24, 2.45) is 5.14 Å². The first kappa shape index (κ1) is 21.0. The summed E-state index contributed by atoms with van der Waals surface area (Å²) < 4.78 is 51.2. The highest BCUT2D eigenvalue weighted by atomic mass is 35.5. The molecule has 11 heteroatoms. The zero-order valence-corrected chi connectivity index (χ0v) is 16.2. The normalized spacial score (nSPS) is 12.6. The molecule has 1 amide bonds. The van der Waals surface area contributed by atoms with Crippen molar-refractivity contribution in [2.45, 2.75) is 17.5 Å². The Morgan fingerprint density at radius 1 is 1.21 bits per heavy atom. The largest absolute Gasteiger partial charge is 0.419 e. The van der Waals surface area contributed by atoms with E-state index in [0.717, 1.165) is 16.4 Å².